The number of phosphoric acid groups is 2. The van der Waals surface area contributed by atoms with Gasteiger partial charge in [0.15, 0.2) is 12.2 Å². The van der Waals surface area contributed by atoms with Gasteiger partial charge in [-0.25, -0.2) is 9.13 Å². The van der Waals surface area contributed by atoms with Crippen LogP contribution in [0.3, 0.4) is 0 Å². The lowest BCUT2D eigenvalue weighted by Gasteiger charge is -2.21. The number of aliphatic hydroxyl groups excluding tert-OH is 1. The third-order valence-corrected chi connectivity index (χ3v) is 20.5. The first-order valence-corrected chi connectivity index (χ1v) is 43.5. The lowest BCUT2D eigenvalue weighted by atomic mass is 9.99. The predicted octanol–water partition coefficient (Wildman–Crippen LogP) is 23.1. The van der Waals surface area contributed by atoms with Crippen molar-refractivity contribution in [3.63, 3.8) is 0 Å². The van der Waals surface area contributed by atoms with E-state index in [2.05, 4.69) is 41.5 Å². The van der Waals surface area contributed by atoms with Crippen LogP contribution in [0.2, 0.25) is 0 Å². The minimum Gasteiger partial charge on any atom is -0.462 e. The first-order chi connectivity index (χ1) is 46.9. The van der Waals surface area contributed by atoms with E-state index in [0.717, 1.165) is 108 Å². The fraction of sp³-hybridized carbons (Fsp3) is 0.949. The van der Waals surface area contributed by atoms with Gasteiger partial charge in [0.1, 0.15) is 19.3 Å². The number of carbonyl (C=O) groups excluding carboxylic acids is 4. The molecular weight excluding hydrogens is 1270 g/mol. The van der Waals surface area contributed by atoms with Gasteiger partial charge in [0.25, 0.3) is 0 Å². The van der Waals surface area contributed by atoms with Crippen molar-refractivity contribution in [3.8, 4) is 0 Å². The number of hydrogen-bond donors (Lipinski definition) is 3. The number of unbranched alkanes of at least 4 members (excludes halogenated alkanes) is 46. The monoisotopic (exact) mass is 1420 g/mol. The number of ether oxygens (including phenoxy) is 4. The van der Waals surface area contributed by atoms with Crippen LogP contribution >= 0.6 is 15.6 Å². The molecule has 19 heteroatoms. The van der Waals surface area contributed by atoms with Gasteiger partial charge in [-0.15, -0.1) is 0 Å². The average Bonchev–Trinajstić information content (AvgIpc) is 1.38. The summed E-state index contributed by atoms with van der Waals surface area (Å²) in [6, 6.07) is 0. The molecule has 0 aliphatic carbocycles. The van der Waals surface area contributed by atoms with Crippen molar-refractivity contribution in [2.75, 3.05) is 39.6 Å². The highest BCUT2D eigenvalue weighted by atomic mass is 31.2. The van der Waals surface area contributed by atoms with Crippen LogP contribution in [0.4, 0.5) is 0 Å². The third-order valence-electron chi connectivity index (χ3n) is 18.6. The van der Waals surface area contributed by atoms with E-state index in [0.29, 0.717) is 25.7 Å². The molecule has 0 heterocycles. The first-order valence-electron chi connectivity index (χ1n) is 40.5. The summed E-state index contributed by atoms with van der Waals surface area (Å²) < 4.78 is 68.4. The zero-order valence-corrected chi connectivity index (χ0v) is 65.2. The van der Waals surface area contributed by atoms with Gasteiger partial charge in [-0.3, -0.25) is 37.3 Å². The second-order valence-electron chi connectivity index (χ2n) is 28.8. The van der Waals surface area contributed by atoms with E-state index in [1.54, 1.807) is 0 Å². The quantitative estimate of drug-likeness (QED) is 0.0222. The maximum Gasteiger partial charge on any atom is 0.472 e. The normalized spacial score (nSPS) is 14.2. The summed E-state index contributed by atoms with van der Waals surface area (Å²) in [7, 11) is -9.90. The lowest BCUT2D eigenvalue weighted by Crippen LogP contribution is -2.30. The second-order valence-corrected chi connectivity index (χ2v) is 31.7. The molecule has 0 aliphatic rings. The van der Waals surface area contributed by atoms with Crippen LogP contribution in [0.5, 0.6) is 0 Å². The smallest absolute Gasteiger partial charge is 0.462 e. The SMILES string of the molecule is CCCCCCCCCCCCCCCCCCCCCCC(=O)O[C@H](COC(=O)CCCCCCCCCCCCCCCCC(C)CC)COP(=O)(O)OC[C@@H](O)COP(=O)(O)OC[C@@H](COC(=O)CCCCCCC)OC(=O)CCCCCCCCCCCCCC(C)C. The minimum atomic E-state index is -4.96. The molecule has 0 aromatic rings. The number of esters is 4. The van der Waals surface area contributed by atoms with Crippen molar-refractivity contribution >= 4 is 39.5 Å². The highest BCUT2D eigenvalue weighted by molar-refractivity contribution is 7.47. The molecule has 0 aromatic carbocycles. The minimum absolute atomic E-state index is 0.106. The van der Waals surface area contributed by atoms with Crippen molar-refractivity contribution in [1.29, 1.82) is 0 Å². The molecule has 0 aliphatic heterocycles. The summed E-state index contributed by atoms with van der Waals surface area (Å²) in [6.07, 6.45) is 58.7. The molecule has 0 radical (unpaired) electrons. The molecule has 576 valence electrons. The molecule has 97 heavy (non-hydrogen) atoms. The highest BCUT2D eigenvalue weighted by Gasteiger charge is 2.30. The largest absolute Gasteiger partial charge is 0.472 e. The Morgan fingerprint density at radius 1 is 0.299 bits per heavy atom. The van der Waals surface area contributed by atoms with Crippen molar-refractivity contribution in [2.45, 2.75) is 426 Å². The highest BCUT2D eigenvalue weighted by Crippen LogP contribution is 2.45. The predicted molar refractivity (Wildman–Crippen MR) is 395 cm³/mol. The molecule has 0 rings (SSSR count). The summed E-state index contributed by atoms with van der Waals surface area (Å²) >= 11 is 0. The van der Waals surface area contributed by atoms with Crippen LogP contribution in [-0.2, 0) is 65.4 Å². The van der Waals surface area contributed by atoms with E-state index in [1.165, 1.54) is 218 Å². The van der Waals surface area contributed by atoms with Gasteiger partial charge in [0, 0.05) is 25.7 Å². The standard InChI is InChI=1S/C78H152O17P2/c1-7-10-12-14-15-16-17-18-19-20-21-22-23-24-29-34-39-44-50-56-62-78(83)95-74(67-89-76(81)61-55-49-43-38-33-28-26-25-27-32-37-42-48-53-59-71(6)9-3)69-93-97(86,87)91-65-72(79)64-90-96(84,85)92-68-73(66-88-75(80)60-54-46-13-11-8-2)94-77(82)63-57-51-45-40-35-30-31-36-41-47-52-58-70(4)5/h70-74,79H,7-69H2,1-6H3,(H,84,85)(H,86,87)/t71?,72-,73+,74+/m0/s1. The van der Waals surface area contributed by atoms with E-state index in [1.807, 2.05) is 0 Å². The van der Waals surface area contributed by atoms with Gasteiger partial charge < -0.3 is 33.8 Å². The molecule has 3 N–H and O–H groups in total. The molecule has 0 spiro atoms. The number of hydrogen-bond acceptors (Lipinski definition) is 15. The maximum absolute atomic E-state index is 13.1. The van der Waals surface area contributed by atoms with E-state index < -0.39 is 97.5 Å². The fourth-order valence-electron chi connectivity index (χ4n) is 12.0. The van der Waals surface area contributed by atoms with Crippen molar-refractivity contribution in [1.82, 2.24) is 0 Å². The summed E-state index contributed by atoms with van der Waals surface area (Å²) in [5, 5.41) is 10.6. The Labute approximate surface area is 594 Å². The third kappa shape index (κ3) is 70.9. The van der Waals surface area contributed by atoms with E-state index in [-0.39, 0.29) is 25.7 Å². The van der Waals surface area contributed by atoms with Crippen LogP contribution in [-0.4, -0.2) is 96.7 Å². The van der Waals surface area contributed by atoms with Crippen LogP contribution in [0.15, 0.2) is 0 Å². The summed E-state index contributed by atoms with van der Waals surface area (Å²) in [4.78, 5) is 72.6. The van der Waals surface area contributed by atoms with E-state index in [9.17, 15) is 43.2 Å². The van der Waals surface area contributed by atoms with Gasteiger partial charge in [-0.05, 0) is 37.5 Å². The van der Waals surface area contributed by atoms with E-state index >= 15 is 0 Å². The Hall–Kier alpha value is -1.94. The molecule has 0 aromatic heterocycles. The van der Waals surface area contributed by atoms with Gasteiger partial charge in [-0.1, -0.05) is 356 Å². The number of rotatable bonds is 77. The molecule has 0 saturated heterocycles. The maximum atomic E-state index is 13.1. The number of aliphatic hydroxyl groups is 1. The van der Waals surface area contributed by atoms with Crippen LogP contribution in [0.25, 0.3) is 0 Å². The molecule has 6 atom stereocenters. The van der Waals surface area contributed by atoms with Crippen molar-refractivity contribution in [3.05, 3.63) is 0 Å². The lowest BCUT2D eigenvalue weighted by molar-refractivity contribution is -0.161. The first kappa shape index (κ1) is 95.1. The zero-order valence-electron chi connectivity index (χ0n) is 63.4. The molecule has 0 fully saturated rings. The van der Waals surface area contributed by atoms with Gasteiger partial charge in [-0.2, -0.15) is 0 Å². The van der Waals surface area contributed by atoms with Gasteiger partial charge in [0.2, 0.25) is 0 Å². The summed E-state index contributed by atoms with van der Waals surface area (Å²) in [5.74, 6) is -0.509. The molecule has 17 nitrogen and oxygen atoms in total. The molecule has 3 unspecified atom stereocenters. The number of carbonyl (C=O) groups is 4. The fourth-order valence-corrected chi connectivity index (χ4v) is 13.6. The van der Waals surface area contributed by atoms with E-state index in [4.69, 9.17) is 37.0 Å². The molecular formula is C78H152O17P2. The van der Waals surface area contributed by atoms with Crippen LogP contribution in [0, 0.1) is 11.8 Å². The van der Waals surface area contributed by atoms with Crippen LogP contribution < -0.4 is 0 Å². The second kappa shape index (κ2) is 69.8. The topological polar surface area (TPSA) is 237 Å². The Kier molecular flexibility index (Phi) is 68.4. The van der Waals surface area contributed by atoms with Crippen molar-refractivity contribution < 1.29 is 80.2 Å². The molecule has 0 bridgehead atoms. The Morgan fingerprint density at radius 3 is 0.784 bits per heavy atom. The summed E-state index contributed by atoms with van der Waals surface area (Å²) in [5.41, 5.74) is 0. The molecule has 0 saturated carbocycles. The van der Waals surface area contributed by atoms with Crippen LogP contribution in [0.1, 0.15) is 408 Å². The Bertz CT molecular complexity index is 1870. The molecule has 0 amide bonds. The Balaban J connectivity index is 5.13. The van der Waals surface area contributed by atoms with Gasteiger partial charge >= 0.3 is 39.5 Å². The summed E-state index contributed by atoms with van der Waals surface area (Å²) in [6.45, 7) is 9.58. The zero-order chi connectivity index (χ0) is 71.4. The average molecular weight is 1420 g/mol. The Morgan fingerprint density at radius 2 is 0.526 bits per heavy atom. The van der Waals surface area contributed by atoms with Gasteiger partial charge in [0.05, 0.1) is 26.4 Å². The van der Waals surface area contributed by atoms with Crippen molar-refractivity contribution in [2.24, 2.45) is 11.8 Å². The number of phosphoric ester groups is 2.